The van der Waals surface area contributed by atoms with Gasteiger partial charge in [-0.15, -0.1) is 0 Å². The molecule has 0 aromatic heterocycles. The molecule has 0 aliphatic rings. The number of carbonyl (C=O) groups excluding carboxylic acids is 1. The van der Waals surface area contributed by atoms with Gasteiger partial charge in [-0.1, -0.05) is 28.9 Å². The van der Waals surface area contributed by atoms with Crippen LogP contribution in [0.25, 0.3) is 0 Å². The number of benzene rings is 2. The molecule has 0 amide bonds. The first-order valence-electron chi connectivity index (χ1n) is 9.18. The van der Waals surface area contributed by atoms with Gasteiger partial charge in [0.25, 0.3) is 0 Å². The van der Waals surface area contributed by atoms with Crippen molar-refractivity contribution >= 4 is 11.8 Å². The summed E-state index contributed by atoms with van der Waals surface area (Å²) in [5.74, 6) is 0.680. The number of nitrogens with zero attached hydrogens (tertiary/aromatic N) is 1. The number of hydrogen-bond donors (Lipinski definition) is 1. The Labute approximate surface area is 165 Å². The van der Waals surface area contributed by atoms with Crippen molar-refractivity contribution in [3.8, 4) is 17.2 Å². The summed E-state index contributed by atoms with van der Waals surface area (Å²) in [5, 5.41) is 3.75. The SMILES string of the molecule is CCOc1cc(C(=O)O/N=C(/N)c2cccc(C)c2)cc(OCC)c1OCC. The first-order valence-corrected chi connectivity index (χ1v) is 9.18. The van der Waals surface area contributed by atoms with E-state index in [9.17, 15) is 4.79 Å². The van der Waals surface area contributed by atoms with E-state index in [-0.39, 0.29) is 11.4 Å². The highest BCUT2D eigenvalue weighted by molar-refractivity contribution is 5.98. The molecule has 0 bridgehead atoms. The van der Waals surface area contributed by atoms with Crippen LogP contribution in [0, 0.1) is 6.92 Å². The molecule has 0 fully saturated rings. The van der Waals surface area contributed by atoms with Gasteiger partial charge in [-0.3, -0.25) is 0 Å². The normalized spacial score (nSPS) is 11.1. The van der Waals surface area contributed by atoms with Crippen molar-refractivity contribution in [1.29, 1.82) is 0 Å². The highest BCUT2D eigenvalue weighted by Gasteiger charge is 2.19. The maximum absolute atomic E-state index is 12.5. The van der Waals surface area contributed by atoms with E-state index in [1.54, 1.807) is 6.07 Å². The summed E-state index contributed by atoms with van der Waals surface area (Å²) in [6.07, 6.45) is 0. The van der Waals surface area contributed by atoms with Gasteiger partial charge in [0.1, 0.15) is 0 Å². The third-order valence-electron chi connectivity index (χ3n) is 3.69. The van der Waals surface area contributed by atoms with Crippen LogP contribution in [0.4, 0.5) is 0 Å². The molecule has 0 radical (unpaired) electrons. The van der Waals surface area contributed by atoms with Gasteiger partial charge in [-0.2, -0.15) is 0 Å². The second-order valence-electron chi connectivity index (χ2n) is 5.83. The Balaban J connectivity index is 2.29. The van der Waals surface area contributed by atoms with Crippen LogP contribution in [0.15, 0.2) is 41.6 Å². The van der Waals surface area contributed by atoms with Crippen molar-refractivity contribution in [3.05, 3.63) is 53.1 Å². The Bertz CT molecular complexity index is 821. The summed E-state index contributed by atoms with van der Waals surface area (Å²) < 4.78 is 16.8. The van der Waals surface area contributed by atoms with E-state index < -0.39 is 5.97 Å². The van der Waals surface area contributed by atoms with Crippen molar-refractivity contribution in [1.82, 2.24) is 0 Å². The lowest BCUT2D eigenvalue weighted by molar-refractivity contribution is 0.0515. The molecule has 0 saturated carbocycles. The fourth-order valence-corrected chi connectivity index (χ4v) is 2.51. The number of carbonyl (C=O) groups is 1. The van der Waals surface area contributed by atoms with E-state index in [1.165, 1.54) is 12.1 Å². The van der Waals surface area contributed by atoms with Gasteiger partial charge in [0.15, 0.2) is 17.3 Å². The lowest BCUT2D eigenvalue weighted by atomic mass is 10.1. The Morgan fingerprint density at radius 2 is 1.54 bits per heavy atom. The number of ether oxygens (including phenoxy) is 3. The molecule has 0 aliphatic heterocycles. The molecule has 2 aromatic rings. The molecular formula is C21H26N2O5. The molecule has 7 heteroatoms. The Morgan fingerprint density at radius 3 is 2.07 bits per heavy atom. The molecule has 0 spiro atoms. The zero-order chi connectivity index (χ0) is 20.5. The standard InChI is InChI=1S/C21H26N2O5/c1-5-25-17-12-16(13-18(26-6-2)19(17)27-7-3)21(24)28-23-20(22)15-10-8-9-14(4)11-15/h8-13H,5-7H2,1-4H3,(H2,22,23). The molecule has 2 rings (SSSR count). The zero-order valence-electron chi connectivity index (χ0n) is 16.7. The smallest absolute Gasteiger partial charge is 0.366 e. The maximum atomic E-state index is 12.5. The van der Waals surface area contributed by atoms with Crippen LogP contribution >= 0.6 is 0 Å². The lowest BCUT2D eigenvalue weighted by Gasteiger charge is -2.16. The molecule has 0 heterocycles. The van der Waals surface area contributed by atoms with Crippen LogP contribution in [0.1, 0.15) is 42.3 Å². The number of oxime groups is 1. The number of amidine groups is 1. The number of rotatable bonds is 9. The molecule has 0 aliphatic carbocycles. The zero-order valence-corrected chi connectivity index (χ0v) is 16.7. The monoisotopic (exact) mass is 386 g/mol. The quantitative estimate of drug-likeness (QED) is 0.306. The minimum atomic E-state index is -0.680. The fraction of sp³-hybridized carbons (Fsp3) is 0.333. The predicted molar refractivity (Wildman–Crippen MR) is 107 cm³/mol. The molecule has 0 saturated heterocycles. The van der Waals surface area contributed by atoms with Crippen LogP contribution in [-0.2, 0) is 4.84 Å². The van der Waals surface area contributed by atoms with Gasteiger partial charge in [-0.05, 0) is 45.9 Å². The van der Waals surface area contributed by atoms with E-state index in [0.717, 1.165) is 5.56 Å². The maximum Gasteiger partial charge on any atom is 0.366 e. The third kappa shape index (κ3) is 5.39. The van der Waals surface area contributed by atoms with Crippen LogP contribution in [0.2, 0.25) is 0 Å². The summed E-state index contributed by atoms with van der Waals surface area (Å²) in [6, 6.07) is 10.5. The van der Waals surface area contributed by atoms with E-state index >= 15 is 0 Å². The first-order chi connectivity index (χ1) is 13.5. The van der Waals surface area contributed by atoms with E-state index in [4.69, 9.17) is 24.8 Å². The average molecular weight is 386 g/mol. The molecule has 2 N–H and O–H groups in total. The summed E-state index contributed by atoms with van der Waals surface area (Å²) in [5.41, 5.74) is 7.83. The largest absolute Gasteiger partial charge is 0.490 e. The Hall–Kier alpha value is -3.22. The highest BCUT2D eigenvalue weighted by Crippen LogP contribution is 2.39. The topological polar surface area (TPSA) is 92.4 Å². The molecule has 0 unspecified atom stereocenters. The second kappa shape index (κ2) is 10.2. The molecule has 28 heavy (non-hydrogen) atoms. The molecule has 150 valence electrons. The summed E-state index contributed by atoms with van der Waals surface area (Å²) >= 11 is 0. The first kappa shape index (κ1) is 21.1. The fourth-order valence-electron chi connectivity index (χ4n) is 2.51. The van der Waals surface area contributed by atoms with Crippen molar-refractivity contribution < 1.29 is 23.8 Å². The average Bonchev–Trinajstić information content (AvgIpc) is 2.68. The minimum absolute atomic E-state index is 0.109. The molecular weight excluding hydrogens is 360 g/mol. The van der Waals surface area contributed by atoms with Crippen molar-refractivity contribution in [2.75, 3.05) is 19.8 Å². The van der Waals surface area contributed by atoms with Crippen LogP contribution in [0.5, 0.6) is 17.2 Å². The van der Waals surface area contributed by atoms with Gasteiger partial charge >= 0.3 is 5.97 Å². The van der Waals surface area contributed by atoms with Crippen molar-refractivity contribution in [3.63, 3.8) is 0 Å². The Kier molecular flexibility index (Phi) is 7.68. The molecule has 2 aromatic carbocycles. The van der Waals surface area contributed by atoms with E-state index in [2.05, 4.69) is 5.16 Å². The third-order valence-corrected chi connectivity index (χ3v) is 3.69. The highest BCUT2D eigenvalue weighted by atomic mass is 16.7. The Morgan fingerprint density at radius 1 is 0.929 bits per heavy atom. The number of nitrogens with two attached hydrogens (primary N) is 1. The molecule has 7 nitrogen and oxygen atoms in total. The van der Waals surface area contributed by atoms with Crippen LogP contribution in [0.3, 0.4) is 0 Å². The van der Waals surface area contributed by atoms with E-state index in [0.29, 0.717) is 42.6 Å². The lowest BCUT2D eigenvalue weighted by Crippen LogP contribution is -2.15. The van der Waals surface area contributed by atoms with Gasteiger partial charge in [-0.25, -0.2) is 4.79 Å². The van der Waals surface area contributed by atoms with Crippen LogP contribution < -0.4 is 19.9 Å². The summed E-state index contributed by atoms with van der Waals surface area (Å²) in [7, 11) is 0. The summed E-state index contributed by atoms with van der Waals surface area (Å²) in [4.78, 5) is 17.5. The van der Waals surface area contributed by atoms with Crippen molar-refractivity contribution in [2.45, 2.75) is 27.7 Å². The van der Waals surface area contributed by atoms with E-state index in [1.807, 2.05) is 45.9 Å². The number of aryl methyl sites for hydroxylation is 1. The van der Waals surface area contributed by atoms with Gasteiger partial charge in [0.05, 0.1) is 25.4 Å². The minimum Gasteiger partial charge on any atom is -0.490 e. The van der Waals surface area contributed by atoms with Crippen molar-refractivity contribution in [2.24, 2.45) is 10.9 Å². The second-order valence-corrected chi connectivity index (χ2v) is 5.83. The number of hydrogen-bond acceptors (Lipinski definition) is 6. The van der Waals surface area contributed by atoms with Gasteiger partial charge in [0.2, 0.25) is 5.75 Å². The van der Waals surface area contributed by atoms with Crippen LogP contribution in [-0.4, -0.2) is 31.6 Å². The summed E-state index contributed by atoms with van der Waals surface area (Å²) in [6.45, 7) is 8.72. The van der Waals surface area contributed by atoms with Gasteiger partial charge < -0.3 is 24.8 Å². The predicted octanol–water partition coefficient (Wildman–Crippen LogP) is 3.67. The van der Waals surface area contributed by atoms with Gasteiger partial charge in [0, 0.05) is 5.56 Å². The molecule has 0 atom stereocenters.